The molecule has 3 N–H and O–H groups in total. The van der Waals surface area contributed by atoms with Crippen LogP contribution in [0.5, 0.6) is 0 Å². The fourth-order valence-electron chi connectivity index (χ4n) is 3.36. The SMILES string of the molecule is CCOC(=O)[C@H](CCc1ccccc1)N[C@@H](C)C(=O)N1C(C(=O)O)CN(C)[C@@H]1O.Cl. The predicted octanol–water partition coefficient (Wildman–Crippen LogP) is 0.454. The standard InChI is InChI=1S/C20H29N3O6.ClH/c1-4-29-19(27)15(11-10-14-8-6-5-7-9-14)21-13(2)17(24)23-16(18(25)26)12-22(3)20(23)28;/h5-9,13,15-16,20-21,28H,4,10-12H2,1-3H3,(H,25,26);1H/t13-,15-,16?,20-;/m0./s1. The number of aliphatic hydroxyl groups excluding tert-OH is 1. The Hall–Kier alpha value is -2.20. The molecule has 0 radical (unpaired) electrons. The summed E-state index contributed by atoms with van der Waals surface area (Å²) in [7, 11) is 1.53. The van der Waals surface area contributed by atoms with E-state index in [1.165, 1.54) is 11.9 Å². The van der Waals surface area contributed by atoms with E-state index >= 15 is 0 Å². The van der Waals surface area contributed by atoms with Gasteiger partial charge in [-0.2, -0.15) is 0 Å². The van der Waals surface area contributed by atoms with Crippen molar-refractivity contribution in [3.8, 4) is 0 Å². The number of esters is 1. The van der Waals surface area contributed by atoms with Gasteiger partial charge in [0.15, 0.2) is 6.35 Å². The molecule has 1 aliphatic rings. The summed E-state index contributed by atoms with van der Waals surface area (Å²) < 4.78 is 5.12. The second-order valence-electron chi connectivity index (χ2n) is 7.10. The summed E-state index contributed by atoms with van der Waals surface area (Å²) in [6, 6.07) is 6.84. The van der Waals surface area contributed by atoms with Gasteiger partial charge in [0.2, 0.25) is 5.91 Å². The van der Waals surface area contributed by atoms with Crippen molar-refractivity contribution in [1.29, 1.82) is 0 Å². The molecule has 2 rings (SSSR count). The largest absolute Gasteiger partial charge is 0.480 e. The third-order valence-corrected chi connectivity index (χ3v) is 4.94. The van der Waals surface area contributed by atoms with Gasteiger partial charge in [-0.25, -0.2) is 4.79 Å². The zero-order chi connectivity index (χ0) is 21.6. The summed E-state index contributed by atoms with van der Waals surface area (Å²) in [4.78, 5) is 39.0. The van der Waals surface area contributed by atoms with Crippen LogP contribution in [0, 0.1) is 0 Å². The maximum atomic E-state index is 12.9. The minimum absolute atomic E-state index is 0. The molecule has 10 heteroatoms. The highest BCUT2D eigenvalue weighted by molar-refractivity contribution is 5.88. The monoisotopic (exact) mass is 443 g/mol. The van der Waals surface area contributed by atoms with E-state index in [4.69, 9.17) is 4.74 Å². The molecular formula is C20H30ClN3O6. The fourth-order valence-corrected chi connectivity index (χ4v) is 3.36. The predicted molar refractivity (Wildman–Crippen MR) is 112 cm³/mol. The molecule has 0 aliphatic carbocycles. The number of benzene rings is 1. The van der Waals surface area contributed by atoms with Crippen LogP contribution in [0.1, 0.15) is 25.8 Å². The molecule has 9 nitrogen and oxygen atoms in total. The number of aryl methyl sites for hydroxylation is 1. The molecule has 1 amide bonds. The van der Waals surface area contributed by atoms with Gasteiger partial charge in [-0.05, 0) is 39.3 Å². The zero-order valence-electron chi connectivity index (χ0n) is 17.4. The van der Waals surface area contributed by atoms with Crippen LogP contribution in [0.15, 0.2) is 30.3 Å². The number of amides is 1. The number of carboxylic acid groups (broad SMARTS) is 1. The van der Waals surface area contributed by atoms with Gasteiger partial charge in [0.05, 0.1) is 12.6 Å². The number of hydrogen-bond acceptors (Lipinski definition) is 7. The Labute approximate surface area is 182 Å². The minimum Gasteiger partial charge on any atom is -0.480 e. The van der Waals surface area contributed by atoms with Crippen LogP contribution < -0.4 is 5.32 Å². The van der Waals surface area contributed by atoms with E-state index in [0.29, 0.717) is 12.8 Å². The van der Waals surface area contributed by atoms with E-state index in [0.717, 1.165) is 10.5 Å². The normalized spacial score (nSPS) is 20.9. The van der Waals surface area contributed by atoms with Gasteiger partial charge < -0.3 is 14.9 Å². The maximum Gasteiger partial charge on any atom is 0.327 e. The summed E-state index contributed by atoms with van der Waals surface area (Å²) in [5, 5.41) is 22.6. The van der Waals surface area contributed by atoms with Crippen molar-refractivity contribution < 1.29 is 29.3 Å². The summed E-state index contributed by atoms with van der Waals surface area (Å²) in [6.07, 6.45) is -0.325. The number of likely N-dealkylation sites (N-methyl/N-ethyl adjacent to an activating group) is 1. The lowest BCUT2D eigenvalue weighted by molar-refractivity contribution is -0.159. The number of halogens is 1. The number of rotatable bonds is 9. The van der Waals surface area contributed by atoms with Gasteiger partial charge in [-0.1, -0.05) is 30.3 Å². The van der Waals surface area contributed by atoms with Crippen LogP contribution >= 0.6 is 12.4 Å². The number of carboxylic acids is 1. The Kier molecular flexibility index (Phi) is 10.2. The Balaban J connectivity index is 0.00000450. The highest BCUT2D eigenvalue weighted by Gasteiger charge is 2.45. The van der Waals surface area contributed by atoms with E-state index in [-0.39, 0.29) is 25.6 Å². The molecule has 0 saturated carbocycles. The maximum absolute atomic E-state index is 12.9. The quantitative estimate of drug-likeness (QED) is 0.471. The molecule has 1 heterocycles. The number of hydrogen-bond donors (Lipinski definition) is 3. The van der Waals surface area contributed by atoms with Gasteiger partial charge >= 0.3 is 11.9 Å². The molecule has 1 unspecified atom stereocenters. The van der Waals surface area contributed by atoms with E-state index in [9.17, 15) is 24.6 Å². The average molecular weight is 444 g/mol. The molecule has 168 valence electrons. The molecule has 4 atom stereocenters. The number of carbonyl (C=O) groups excluding carboxylic acids is 2. The van der Waals surface area contributed by atoms with Gasteiger partial charge in [-0.15, -0.1) is 12.4 Å². The number of aliphatic hydroxyl groups is 1. The molecule has 1 aliphatic heterocycles. The Bertz CT molecular complexity index is 720. The summed E-state index contributed by atoms with van der Waals surface area (Å²) in [5.41, 5.74) is 1.05. The lowest BCUT2D eigenvalue weighted by atomic mass is 10.0. The second kappa shape index (κ2) is 11.8. The number of nitrogens with zero attached hydrogens (tertiary/aromatic N) is 2. The molecule has 1 aromatic rings. The number of ether oxygens (including phenoxy) is 1. The van der Waals surface area contributed by atoms with E-state index < -0.39 is 42.3 Å². The lowest BCUT2D eigenvalue weighted by Crippen LogP contribution is -2.56. The number of carbonyl (C=O) groups is 3. The summed E-state index contributed by atoms with van der Waals surface area (Å²) >= 11 is 0. The molecular weight excluding hydrogens is 414 g/mol. The van der Waals surface area contributed by atoms with Crippen LogP contribution in [0.3, 0.4) is 0 Å². The highest BCUT2D eigenvalue weighted by Crippen LogP contribution is 2.19. The molecule has 1 aromatic carbocycles. The minimum atomic E-state index is -1.33. The lowest BCUT2D eigenvalue weighted by Gasteiger charge is -2.30. The van der Waals surface area contributed by atoms with Crippen molar-refractivity contribution >= 4 is 30.3 Å². The first-order chi connectivity index (χ1) is 13.8. The van der Waals surface area contributed by atoms with Crippen molar-refractivity contribution in [1.82, 2.24) is 15.1 Å². The van der Waals surface area contributed by atoms with Crippen molar-refractivity contribution in [3.05, 3.63) is 35.9 Å². The summed E-state index contributed by atoms with van der Waals surface area (Å²) in [5.74, 6) is -2.26. The third kappa shape index (κ3) is 6.40. The first kappa shape index (κ1) is 25.8. The first-order valence-corrected chi connectivity index (χ1v) is 9.66. The molecule has 30 heavy (non-hydrogen) atoms. The van der Waals surface area contributed by atoms with Crippen LogP contribution in [-0.2, 0) is 25.5 Å². The highest BCUT2D eigenvalue weighted by atomic mass is 35.5. The molecule has 1 fully saturated rings. The fraction of sp³-hybridized carbons (Fsp3) is 0.550. The third-order valence-electron chi connectivity index (χ3n) is 4.94. The van der Waals surface area contributed by atoms with Gasteiger partial charge in [0, 0.05) is 6.54 Å². The smallest absolute Gasteiger partial charge is 0.327 e. The van der Waals surface area contributed by atoms with Gasteiger partial charge in [0.25, 0.3) is 0 Å². The van der Waals surface area contributed by atoms with Crippen molar-refractivity contribution in [2.24, 2.45) is 0 Å². The van der Waals surface area contributed by atoms with E-state index in [1.54, 1.807) is 13.8 Å². The van der Waals surface area contributed by atoms with Crippen molar-refractivity contribution in [3.63, 3.8) is 0 Å². The van der Waals surface area contributed by atoms with Crippen LogP contribution in [-0.4, -0.2) is 82.5 Å². The van der Waals surface area contributed by atoms with Gasteiger partial charge in [-0.3, -0.25) is 24.7 Å². The molecule has 1 saturated heterocycles. The van der Waals surface area contributed by atoms with Crippen LogP contribution in [0.4, 0.5) is 0 Å². The van der Waals surface area contributed by atoms with Crippen molar-refractivity contribution in [2.75, 3.05) is 20.2 Å². The second-order valence-corrected chi connectivity index (χ2v) is 7.10. The Morgan fingerprint density at radius 3 is 2.47 bits per heavy atom. The average Bonchev–Trinajstić information content (AvgIpc) is 3.00. The van der Waals surface area contributed by atoms with Crippen LogP contribution in [0.2, 0.25) is 0 Å². The number of aliphatic carboxylic acids is 1. The number of nitrogens with one attached hydrogen (secondary N) is 1. The first-order valence-electron chi connectivity index (χ1n) is 9.66. The Morgan fingerprint density at radius 2 is 1.90 bits per heavy atom. The molecule has 0 bridgehead atoms. The van der Waals surface area contributed by atoms with Crippen molar-refractivity contribution in [2.45, 2.75) is 51.2 Å². The summed E-state index contributed by atoms with van der Waals surface area (Å²) in [6.45, 7) is 3.47. The van der Waals surface area contributed by atoms with Gasteiger partial charge in [0.1, 0.15) is 12.1 Å². The molecule has 0 aromatic heterocycles. The Morgan fingerprint density at radius 1 is 1.27 bits per heavy atom. The van der Waals surface area contributed by atoms with E-state index in [1.807, 2.05) is 30.3 Å². The van der Waals surface area contributed by atoms with Crippen LogP contribution in [0.25, 0.3) is 0 Å². The topological polar surface area (TPSA) is 119 Å². The van der Waals surface area contributed by atoms with E-state index in [2.05, 4.69) is 5.32 Å². The molecule has 0 spiro atoms. The zero-order valence-corrected chi connectivity index (χ0v) is 18.2.